The highest BCUT2D eigenvalue weighted by molar-refractivity contribution is 6.06. The minimum Gasteiger partial charge on any atom is -0.369 e. The summed E-state index contributed by atoms with van der Waals surface area (Å²) in [5.41, 5.74) is 3.11. The number of fused-ring (bicyclic) bond motifs is 3. The average Bonchev–Trinajstić information content (AvgIpc) is 3.46. The van der Waals surface area contributed by atoms with Gasteiger partial charge in [-0.1, -0.05) is 12.8 Å². The molecule has 8 heteroatoms. The molecule has 0 spiro atoms. The molecule has 1 aliphatic heterocycles. The van der Waals surface area contributed by atoms with E-state index in [2.05, 4.69) is 29.7 Å². The number of pyridine rings is 2. The molecule has 0 unspecified atom stereocenters. The van der Waals surface area contributed by atoms with E-state index in [0.717, 1.165) is 40.7 Å². The second-order valence-electron chi connectivity index (χ2n) is 8.68. The first kappa shape index (κ1) is 19.2. The summed E-state index contributed by atoms with van der Waals surface area (Å²) in [5.74, 6) is 1.58. The van der Waals surface area contributed by atoms with E-state index in [1.54, 1.807) is 0 Å². The van der Waals surface area contributed by atoms with Crippen molar-refractivity contribution in [2.45, 2.75) is 44.6 Å². The molecule has 0 radical (unpaired) electrons. The smallest absolute Gasteiger partial charge is 0.230 e. The van der Waals surface area contributed by atoms with Crippen molar-refractivity contribution in [3.8, 4) is 0 Å². The van der Waals surface area contributed by atoms with Gasteiger partial charge >= 0.3 is 0 Å². The lowest BCUT2D eigenvalue weighted by molar-refractivity contribution is -0.119. The van der Waals surface area contributed by atoms with Gasteiger partial charge in [-0.2, -0.15) is 4.98 Å². The monoisotopic (exact) mass is 427 g/mol. The molecule has 0 amide bonds. The molecule has 0 bridgehead atoms. The molecule has 0 aromatic carbocycles. The summed E-state index contributed by atoms with van der Waals surface area (Å²) in [6.07, 6.45) is 13.6. The first-order valence-electron chi connectivity index (χ1n) is 11.4. The van der Waals surface area contributed by atoms with E-state index in [-0.39, 0.29) is 0 Å². The zero-order valence-electron chi connectivity index (χ0n) is 17.9. The Morgan fingerprint density at radius 1 is 0.938 bits per heavy atom. The maximum Gasteiger partial charge on any atom is 0.230 e. The highest BCUT2D eigenvalue weighted by Gasteiger charge is 2.23. The number of aromatic nitrogens is 5. The number of nitrogens with zero attached hydrogens (tertiary/aromatic N) is 6. The molecule has 2 fully saturated rings. The number of piperidine rings is 1. The molecule has 0 atom stereocenters. The molecule has 1 saturated carbocycles. The van der Waals surface area contributed by atoms with Gasteiger partial charge in [0.2, 0.25) is 5.95 Å². The predicted octanol–water partition coefficient (Wildman–Crippen LogP) is 4.40. The molecule has 162 valence electrons. The number of rotatable bonds is 4. The van der Waals surface area contributed by atoms with Crippen LogP contribution >= 0.6 is 0 Å². The number of carbonyl (C=O) groups excluding carboxylic acids is 1. The number of anilines is 3. The van der Waals surface area contributed by atoms with Gasteiger partial charge < -0.3 is 14.8 Å². The van der Waals surface area contributed by atoms with Gasteiger partial charge in [-0.15, -0.1) is 0 Å². The van der Waals surface area contributed by atoms with E-state index in [1.165, 1.54) is 25.7 Å². The van der Waals surface area contributed by atoms with Gasteiger partial charge in [0.05, 0.1) is 23.6 Å². The van der Waals surface area contributed by atoms with Crippen molar-refractivity contribution in [2.24, 2.45) is 0 Å². The third kappa shape index (κ3) is 3.36. The highest BCUT2D eigenvalue weighted by Crippen LogP contribution is 2.37. The predicted molar refractivity (Wildman–Crippen MR) is 124 cm³/mol. The maximum atomic E-state index is 11.5. The highest BCUT2D eigenvalue weighted by atomic mass is 16.1. The number of carbonyl (C=O) groups is 1. The number of Topliss-reactive ketones (excluding diaryl/α,β-unsaturated/α-hetero) is 1. The molecule has 6 rings (SSSR count). The Kier molecular flexibility index (Phi) is 4.70. The molecule has 8 nitrogen and oxygen atoms in total. The van der Waals surface area contributed by atoms with Gasteiger partial charge in [-0.3, -0.25) is 9.78 Å². The number of hydrogen-bond donors (Lipinski definition) is 1. The van der Waals surface area contributed by atoms with E-state index in [1.807, 2.05) is 43.0 Å². The quantitative estimate of drug-likeness (QED) is 0.516. The molecule has 1 aliphatic carbocycles. The zero-order chi connectivity index (χ0) is 21.5. The number of hydrogen-bond acceptors (Lipinski definition) is 7. The van der Waals surface area contributed by atoms with Crippen LogP contribution in [0.1, 0.15) is 44.6 Å². The van der Waals surface area contributed by atoms with Crippen molar-refractivity contribution in [2.75, 3.05) is 23.3 Å². The second kappa shape index (κ2) is 7.85. The van der Waals surface area contributed by atoms with Crippen LogP contribution in [0.4, 0.5) is 17.5 Å². The van der Waals surface area contributed by atoms with Crippen LogP contribution in [0.2, 0.25) is 0 Å². The summed E-state index contributed by atoms with van der Waals surface area (Å²) in [6, 6.07) is 6.48. The Morgan fingerprint density at radius 3 is 2.56 bits per heavy atom. The van der Waals surface area contributed by atoms with E-state index in [9.17, 15) is 4.79 Å². The first-order chi connectivity index (χ1) is 15.8. The minimum atomic E-state index is 0.339. The number of ketones is 1. The summed E-state index contributed by atoms with van der Waals surface area (Å²) in [7, 11) is 0. The van der Waals surface area contributed by atoms with Gasteiger partial charge in [0.15, 0.2) is 0 Å². The van der Waals surface area contributed by atoms with Crippen molar-refractivity contribution in [1.29, 1.82) is 0 Å². The van der Waals surface area contributed by atoms with Crippen molar-refractivity contribution in [3.63, 3.8) is 0 Å². The SMILES string of the molecule is O=C1CCN(c2ccc(Nc3ncc4c5ccncc5n(C5CCCC5)c4n3)nc2)CC1. The molecule has 4 aromatic heterocycles. The van der Waals surface area contributed by atoms with Crippen molar-refractivity contribution in [1.82, 2.24) is 24.5 Å². The topological polar surface area (TPSA) is 88.8 Å². The van der Waals surface area contributed by atoms with Gasteiger partial charge in [-0.05, 0) is 31.0 Å². The Bertz CT molecular complexity index is 1280. The van der Waals surface area contributed by atoms with Crippen LogP contribution in [-0.2, 0) is 4.79 Å². The number of nitrogens with one attached hydrogen (secondary N) is 1. The fourth-order valence-electron chi connectivity index (χ4n) is 5.03. The summed E-state index contributed by atoms with van der Waals surface area (Å²) in [6.45, 7) is 1.52. The third-order valence-corrected chi connectivity index (χ3v) is 6.71. The van der Waals surface area contributed by atoms with E-state index in [0.29, 0.717) is 36.4 Å². The fraction of sp³-hybridized carbons (Fsp3) is 0.375. The second-order valence-corrected chi connectivity index (χ2v) is 8.68. The fourth-order valence-corrected chi connectivity index (χ4v) is 5.03. The average molecular weight is 428 g/mol. The lowest BCUT2D eigenvalue weighted by atomic mass is 10.1. The minimum absolute atomic E-state index is 0.339. The summed E-state index contributed by atoms with van der Waals surface area (Å²) in [4.78, 5) is 32.1. The maximum absolute atomic E-state index is 11.5. The van der Waals surface area contributed by atoms with E-state index < -0.39 is 0 Å². The molecule has 1 N–H and O–H groups in total. The van der Waals surface area contributed by atoms with Crippen molar-refractivity contribution < 1.29 is 4.79 Å². The van der Waals surface area contributed by atoms with Gasteiger partial charge in [0.25, 0.3) is 0 Å². The first-order valence-corrected chi connectivity index (χ1v) is 11.4. The van der Waals surface area contributed by atoms with Gasteiger partial charge in [-0.25, -0.2) is 9.97 Å². The van der Waals surface area contributed by atoms with Crippen LogP contribution in [0.5, 0.6) is 0 Å². The van der Waals surface area contributed by atoms with Crippen molar-refractivity contribution >= 4 is 45.2 Å². The summed E-state index contributed by atoms with van der Waals surface area (Å²) < 4.78 is 2.35. The molecule has 5 heterocycles. The molecule has 4 aromatic rings. The third-order valence-electron chi connectivity index (χ3n) is 6.71. The van der Waals surface area contributed by atoms with Crippen LogP contribution in [0.25, 0.3) is 21.9 Å². The van der Waals surface area contributed by atoms with Crippen LogP contribution in [0.3, 0.4) is 0 Å². The standard InChI is InChI=1S/C24H25N7O/c32-18-8-11-30(12-9-18)17-5-6-22(26-13-17)28-24-27-14-20-19-7-10-25-15-21(19)31(23(20)29-24)16-3-1-2-4-16/h5-7,10,13-16H,1-4,8-9,11-12H2,(H,26,27,28,29). The normalized spacial score (nSPS) is 17.5. The Morgan fingerprint density at radius 2 is 1.78 bits per heavy atom. The lowest BCUT2D eigenvalue weighted by Crippen LogP contribution is -2.33. The van der Waals surface area contributed by atoms with E-state index in [4.69, 9.17) is 4.98 Å². The van der Waals surface area contributed by atoms with Crippen molar-refractivity contribution in [3.05, 3.63) is 43.0 Å². The largest absolute Gasteiger partial charge is 0.369 e. The van der Waals surface area contributed by atoms with Crippen LogP contribution < -0.4 is 10.2 Å². The molecule has 2 aliphatic rings. The van der Waals surface area contributed by atoms with Crippen LogP contribution in [0.15, 0.2) is 43.0 Å². The zero-order valence-corrected chi connectivity index (χ0v) is 17.9. The summed E-state index contributed by atoms with van der Waals surface area (Å²) in [5, 5.41) is 5.47. The Balaban J connectivity index is 1.31. The summed E-state index contributed by atoms with van der Waals surface area (Å²) >= 11 is 0. The van der Waals surface area contributed by atoms with E-state index >= 15 is 0 Å². The Labute approximate surface area is 185 Å². The lowest BCUT2D eigenvalue weighted by Gasteiger charge is -2.27. The Hall–Kier alpha value is -3.55. The molecular weight excluding hydrogens is 402 g/mol. The van der Waals surface area contributed by atoms with Crippen LogP contribution in [0, 0.1) is 0 Å². The molecule has 32 heavy (non-hydrogen) atoms. The van der Waals surface area contributed by atoms with Gasteiger partial charge in [0.1, 0.15) is 17.2 Å². The molecular formula is C24H25N7O. The van der Waals surface area contributed by atoms with Crippen LogP contribution in [-0.4, -0.2) is 43.4 Å². The van der Waals surface area contributed by atoms with Gasteiger partial charge in [0, 0.05) is 55.1 Å². The molecule has 1 saturated heterocycles.